The van der Waals surface area contributed by atoms with Crippen LogP contribution in [0.3, 0.4) is 0 Å². The molecule has 7 heteroatoms. The second-order valence-corrected chi connectivity index (χ2v) is 7.16. The first-order valence-corrected chi connectivity index (χ1v) is 8.97. The highest BCUT2D eigenvalue weighted by molar-refractivity contribution is 7.09. The maximum atomic E-state index is 12.5. The van der Waals surface area contributed by atoms with Gasteiger partial charge in [-0.2, -0.15) is 4.99 Å². The van der Waals surface area contributed by atoms with Gasteiger partial charge in [-0.05, 0) is 30.5 Å². The molecular weight excluding hydrogens is 350 g/mol. The van der Waals surface area contributed by atoms with Crippen LogP contribution in [0.1, 0.15) is 20.8 Å². The SMILES string of the molecule is Cn1c2c(sc1=NC(=O)c1ccc([N+](=O)[O-])cc1)CCc1ccccc1-2. The zero-order chi connectivity index (χ0) is 18.3. The topological polar surface area (TPSA) is 77.5 Å². The highest BCUT2D eigenvalue weighted by atomic mass is 32.1. The van der Waals surface area contributed by atoms with E-state index in [4.69, 9.17) is 0 Å². The van der Waals surface area contributed by atoms with Gasteiger partial charge in [0.1, 0.15) is 0 Å². The Morgan fingerprint density at radius 1 is 1.15 bits per heavy atom. The molecule has 0 aliphatic heterocycles. The number of carbonyl (C=O) groups excluding carboxylic acids is 1. The molecule has 0 radical (unpaired) electrons. The number of nitrogens with zero attached hydrogens (tertiary/aromatic N) is 3. The molecule has 1 aliphatic rings. The van der Waals surface area contributed by atoms with Gasteiger partial charge in [-0.15, -0.1) is 11.3 Å². The van der Waals surface area contributed by atoms with Gasteiger partial charge in [0.2, 0.25) is 0 Å². The van der Waals surface area contributed by atoms with Crippen molar-refractivity contribution in [3.8, 4) is 11.3 Å². The van der Waals surface area contributed by atoms with Gasteiger partial charge < -0.3 is 4.57 Å². The van der Waals surface area contributed by atoms with Gasteiger partial charge in [0, 0.05) is 35.2 Å². The molecule has 1 heterocycles. The lowest BCUT2D eigenvalue weighted by Gasteiger charge is -2.16. The molecule has 1 aliphatic carbocycles. The van der Waals surface area contributed by atoms with Crippen molar-refractivity contribution in [1.82, 2.24) is 4.57 Å². The molecule has 2 aromatic carbocycles. The Morgan fingerprint density at radius 3 is 2.62 bits per heavy atom. The van der Waals surface area contributed by atoms with E-state index in [0.29, 0.717) is 10.4 Å². The van der Waals surface area contributed by atoms with Gasteiger partial charge in [-0.1, -0.05) is 24.3 Å². The Labute approximate surface area is 153 Å². The maximum absolute atomic E-state index is 12.5. The van der Waals surface area contributed by atoms with Crippen molar-refractivity contribution in [3.63, 3.8) is 0 Å². The molecular formula is C19H15N3O3S. The third kappa shape index (κ3) is 2.76. The fourth-order valence-corrected chi connectivity index (χ4v) is 4.33. The van der Waals surface area contributed by atoms with Crippen LogP contribution in [0.4, 0.5) is 5.69 Å². The minimum Gasteiger partial charge on any atom is -0.319 e. The third-order valence-electron chi connectivity index (χ3n) is 4.52. The number of non-ortho nitro benzene ring substituents is 1. The van der Waals surface area contributed by atoms with Crippen LogP contribution in [0.25, 0.3) is 11.3 Å². The van der Waals surface area contributed by atoms with E-state index in [9.17, 15) is 14.9 Å². The minimum atomic E-state index is -0.490. The van der Waals surface area contributed by atoms with Gasteiger partial charge in [0.15, 0.2) is 4.80 Å². The maximum Gasteiger partial charge on any atom is 0.279 e. The van der Waals surface area contributed by atoms with Crippen molar-refractivity contribution in [2.45, 2.75) is 12.8 Å². The number of thiazole rings is 1. The van der Waals surface area contributed by atoms with Gasteiger partial charge >= 0.3 is 0 Å². The van der Waals surface area contributed by atoms with Gasteiger partial charge in [0.25, 0.3) is 11.6 Å². The average molecular weight is 365 g/mol. The average Bonchev–Trinajstić information content (AvgIpc) is 2.98. The summed E-state index contributed by atoms with van der Waals surface area (Å²) in [6, 6.07) is 13.8. The van der Waals surface area contributed by atoms with E-state index < -0.39 is 10.8 Å². The molecule has 0 saturated heterocycles. The highest BCUT2D eigenvalue weighted by Gasteiger charge is 2.21. The summed E-state index contributed by atoms with van der Waals surface area (Å²) in [6.45, 7) is 0. The minimum absolute atomic E-state index is 0.0460. The van der Waals surface area contributed by atoms with E-state index in [1.165, 1.54) is 51.6 Å². The molecule has 0 fully saturated rings. The molecule has 3 aromatic rings. The summed E-state index contributed by atoms with van der Waals surface area (Å²) in [4.78, 5) is 28.8. The largest absolute Gasteiger partial charge is 0.319 e. The first-order valence-electron chi connectivity index (χ1n) is 8.15. The molecule has 0 spiro atoms. The lowest BCUT2D eigenvalue weighted by atomic mass is 9.93. The predicted octanol–water partition coefficient (Wildman–Crippen LogP) is 3.50. The van der Waals surface area contributed by atoms with Gasteiger partial charge in [-0.3, -0.25) is 14.9 Å². The molecule has 6 nitrogen and oxygen atoms in total. The summed E-state index contributed by atoms with van der Waals surface area (Å²) < 4.78 is 1.96. The number of fused-ring (bicyclic) bond motifs is 3. The van der Waals surface area contributed by atoms with Crippen LogP contribution in [0.2, 0.25) is 0 Å². The number of hydrogen-bond donors (Lipinski definition) is 0. The van der Waals surface area contributed by atoms with Gasteiger partial charge in [0.05, 0.1) is 10.6 Å². The van der Waals surface area contributed by atoms with Gasteiger partial charge in [-0.25, -0.2) is 0 Å². The van der Waals surface area contributed by atoms with E-state index in [-0.39, 0.29) is 5.69 Å². The Kier molecular flexibility index (Phi) is 4.00. The van der Waals surface area contributed by atoms with E-state index in [1.54, 1.807) is 0 Å². The number of aryl methyl sites for hydroxylation is 2. The van der Waals surface area contributed by atoms with Crippen LogP contribution in [0.15, 0.2) is 53.5 Å². The zero-order valence-corrected chi connectivity index (χ0v) is 14.8. The number of rotatable bonds is 2. The number of amides is 1. The second-order valence-electron chi connectivity index (χ2n) is 6.09. The molecule has 1 amide bonds. The van der Waals surface area contributed by atoms with Crippen LogP contribution >= 0.6 is 11.3 Å². The summed E-state index contributed by atoms with van der Waals surface area (Å²) in [6.07, 6.45) is 1.92. The Bertz CT molecular complexity index is 1090. The Balaban J connectivity index is 1.74. The predicted molar refractivity (Wildman–Crippen MR) is 99.1 cm³/mol. The molecule has 0 saturated carbocycles. The molecule has 0 N–H and O–H groups in total. The van der Waals surface area contributed by atoms with Crippen molar-refractivity contribution >= 4 is 22.9 Å². The zero-order valence-electron chi connectivity index (χ0n) is 14.0. The summed E-state index contributed by atoms with van der Waals surface area (Å²) in [5, 5.41) is 10.7. The molecule has 0 unspecified atom stereocenters. The van der Waals surface area contributed by atoms with Crippen molar-refractivity contribution in [2.24, 2.45) is 12.0 Å². The summed E-state index contributed by atoms with van der Waals surface area (Å²) in [5.74, 6) is -0.401. The van der Waals surface area contributed by atoms with E-state index >= 15 is 0 Å². The molecule has 4 rings (SSSR count). The molecule has 0 bridgehead atoms. The van der Waals surface area contributed by atoms with Crippen LogP contribution < -0.4 is 4.80 Å². The number of nitro benzene ring substituents is 1. The van der Waals surface area contributed by atoms with Crippen molar-refractivity contribution in [1.29, 1.82) is 0 Å². The van der Waals surface area contributed by atoms with Crippen LogP contribution in [0.5, 0.6) is 0 Å². The number of aromatic nitrogens is 1. The first-order chi connectivity index (χ1) is 12.5. The fourth-order valence-electron chi connectivity index (χ4n) is 3.20. The molecule has 130 valence electrons. The fraction of sp³-hybridized carbons (Fsp3) is 0.158. The number of nitro groups is 1. The number of benzene rings is 2. The van der Waals surface area contributed by atoms with Crippen molar-refractivity contribution in [3.05, 3.63) is 79.5 Å². The Morgan fingerprint density at radius 2 is 1.88 bits per heavy atom. The second kappa shape index (κ2) is 6.34. The van der Waals surface area contributed by atoms with Crippen LogP contribution in [-0.4, -0.2) is 15.4 Å². The van der Waals surface area contributed by atoms with Crippen molar-refractivity contribution < 1.29 is 9.72 Å². The summed E-state index contributed by atoms with van der Waals surface area (Å²) in [5.41, 5.74) is 3.91. The van der Waals surface area contributed by atoms with Crippen LogP contribution in [0, 0.1) is 10.1 Å². The Hall–Kier alpha value is -3.06. The molecule has 26 heavy (non-hydrogen) atoms. The molecule has 0 atom stereocenters. The normalized spacial score (nSPS) is 13.2. The molecule has 1 aromatic heterocycles. The first kappa shape index (κ1) is 16.4. The standard InChI is InChI=1S/C19H15N3O3S/c1-21-17-15-5-3-2-4-12(15)8-11-16(17)26-19(21)20-18(23)13-6-9-14(10-7-13)22(24)25/h2-7,9-10H,8,11H2,1H3. The number of carbonyl (C=O) groups is 1. The summed E-state index contributed by atoms with van der Waals surface area (Å²) in [7, 11) is 1.92. The smallest absolute Gasteiger partial charge is 0.279 e. The van der Waals surface area contributed by atoms with E-state index in [2.05, 4.69) is 17.1 Å². The summed E-state index contributed by atoms with van der Waals surface area (Å²) >= 11 is 1.52. The third-order valence-corrected chi connectivity index (χ3v) is 5.71. The lowest BCUT2D eigenvalue weighted by Crippen LogP contribution is -2.15. The monoisotopic (exact) mass is 365 g/mol. The quantitative estimate of drug-likeness (QED) is 0.515. The van der Waals surface area contributed by atoms with Crippen molar-refractivity contribution in [2.75, 3.05) is 0 Å². The highest BCUT2D eigenvalue weighted by Crippen LogP contribution is 2.34. The number of hydrogen-bond acceptors (Lipinski definition) is 4. The lowest BCUT2D eigenvalue weighted by molar-refractivity contribution is -0.384. The van der Waals surface area contributed by atoms with E-state index in [0.717, 1.165) is 18.5 Å². The van der Waals surface area contributed by atoms with Crippen LogP contribution in [-0.2, 0) is 19.9 Å². The van der Waals surface area contributed by atoms with E-state index in [1.807, 2.05) is 23.7 Å².